The second kappa shape index (κ2) is 5.69. The minimum absolute atomic E-state index is 0.258. The zero-order valence-corrected chi connectivity index (χ0v) is 11.7. The highest BCUT2D eigenvalue weighted by atomic mass is 19.1. The number of carbonyl (C=O) groups is 1. The molecule has 4 nitrogen and oxygen atoms in total. The number of anilines is 2. The maximum absolute atomic E-state index is 13.7. The van der Waals surface area contributed by atoms with Gasteiger partial charge in [0, 0.05) is 6.54 Å². The molecule has 5 heteroatoms. The van der Waals surface area contributed by atoms with E-state index in [-0.39, 0.29) is 16.7 Å². The third-order valence-electron chi connectivity index (χ3n) is 4.44. The van der Waals surface area contributed by atoms with Crippen molar-refractivity contribution in [2.24, 2.45) is 5.41 Å². The fourth-order valence-electron chi connectivity index (χ4n) is 2.97. The molecule has 1 fully saturated rings. The van der Waals surface area contributed by atoms with Crippen LogP contribution in [0.3, 0.4) is 0 Å². The summed E-state index contributed by atoms with van der Waals surface area (Å²) in [4.78, 5) is 10.8. The smallest absolute Gasteiger partial charge is 0.338 e. The van der Waals surface area contributed by atoms with Crippen molar-refractivity contribution in [1.82, 2.24) is 0 Å². The monoisotopic (exact) mass is 280 g/mol. The Hall–Kier alpha value is -1.78. The van der Waals surface area contributed by atoms with Crippen LogP contribution in [0.2, 0.25) is 0 Å². The van der Waals surface area contributed by atoms with E-state index in [2.05, 4.69) is 12.2 Å². The molecule has 0 aromatic heterocycles. The summed E-state index contributed by atoms with van der Waals surface area (Å²) >= 11 is 0. The molecule has 0 bridgehead atoms. The second-order valence-electron chi connectivity index (χ2n) is 5.64. The van der Waals surface area contributed by atoms with Gasteiger partial charge in [0.1, 0.15) is 5.82 Å². The number of halogens is 1. The molecule has 0 saturated heterocycles. The van der Waals surface area contributed by atoms with E-state index in [1.165, 1.54) is 37.8 Å². The van der Waals surface area contributed by atoms with Gasteiger partial charge in [-0.15, -0.1) is 0 Å². The molecule has 1 aromatic rings. The van der Waals surface area contributed by atoms with Crippen LogP contribution in [0.15, 0.2) is 12.1 Å². The molecule has 1 aliphatic carbocycles. The standard InChI is InChI=1S/C15H21FN2O2/c1-2-15(5-3-4-6-15)9-18-13-8-11(16)10(14(19)20)7-12(13)17/h7-8,18H,2-6,9,17H2,1H3,(H,19,20). The van der Waals surface area contributed by atoms with Crippen LogP contribution in [-0.2, 0) is 0 Å². The van der Waals surface area contributed by atoms with Gasteiger partial charge in [-0.05, 0) is 36.8 Å². The number of carboxylic acids is 1. The third-order valence-corrected chi connectivity index (χ3v) is 4.44. The molecular formula is C15H21FN2O2. The molecule has 1 saturated carbocycles. The number of carboxylic acid groups (broad SMARTS) is 1. The zero-order chi connectivity index (χ0) is 14.8. The summed E-state index contributed by atoms with van der Waals surface area (Å²) in [6.45, 7) is 2.92. The van der Waals surface area contributed by atoms with Crippen LogP contribution in [0.1, 0.15) is 49.4 Å². The van der Waals surface area contributed by atoms with E-state index >= 15 is 0 Å². The second-order valence-corrected chi connectivity index (χ2v) is 5.64. The Morgan fingerprint density at radius 1 is 1.45 bits per heavy atom. The molecule has 110 valence electrons. The maximum Gasteiger partial charge on any atom is 0.338 e. The minimum Gasteiger partial charge on any atom is -0.478 e. The first-order chi connectivity index (χ1) is 9.47. The molecule has 0 heterocycles. The number of nitrogens with one attached hydrogen (secondary N) is 1. The van der Waals surface area contributed by atoms with Crippen LogP contribution in [0, 0.1) is 11.2 Å². The van der Waals surface area contributed by atoms with Gasteiger partial charge in [0.05, 0.1) is 16.9 Å². The fraction of sp³-hybridized carbons (Fsp3) is 0.533. The first kappa shape index (κ1) is 14.6. The first-order valence-corrected chi connectivity index (χ1v) is 7.03. The van der Waals surface area contributed by atoms with Gasteiger partial charge in [0.2, 0.25) is 0 Å². The first-order valence-electron chi connectivity index (χ1n) is 7.03. The molecule has 0 amide bonds. The van der Waals surface area contributed by atoms with E-state index < -0.39 is 11.8 Å². The topological polar surface area (TPSA) is 75.3 Å². The molecule has 0 unspecified atom stereocenters. The van der Waals surface area contributed by atoms with Gasteiger partial charge in [-0.2, -0.15) is 0 Å². The summed E-state index contributed by atoms with van der Waals surface area (Å²) in [6.07, 6.45) is 5.89. The minimum atomic E-state index is -1.30. The molecule has 1 aromatic carbocycles. The van der Waals surface area contributed by atoms with E-state index in [4.69, 9.17) is 10.8 Å². The fourth-order valence-corrected chi connectivity index (χ4v) is 2.97. The summed E-state index contributed by atoms with van der Waals surface area (Å²) in [5.41, 5.74) is 6.42. The van der Waals surface area contributed by atoms with Crippen molar-refractivity contribution in [1.29, 1.82) is 0 Å². The summed E-state index contributed by atoms with van der Waals surface area (Å²) in [5, 5.41) is 12.0. The third kappa shape index (κ3) is 2.86. The lowest BCUT2D eigenvalue weighted by atomic mass is 9.83. The molecule has 1 aliphatic rings. The Morgan fingerprint density at radius 2 is 2.10 bits per heavy atom. The van der Waals surface area contributed by atoms with Gasteiger partial charge >= 0.3 is 5.97 Å². The Balaban J connectivity index is 2.14. The average molecular weight is 280 g/mol. The van der Waals surface area contributed by atoms with Gasteiger partial charge in [-0.3, -0.25) is 0 Å². The highest BCUT2D eigenvalue weighted by Gasteiger charge is 2.31. The average Bonchev–Trinajstić information content (AvgIpc) is 2.88. The normalized spacial score (nSPS) is 17.1. The lowest BCUT2D eigenvalue weighted by Crippen LogP contribution is -2.26. The van der Waals surface area contributed by atoms with E-state index in [0.717, 1.165) is 13.0 Å². The van der Waals surface area contributed by atoms with Crippen LogP contribution in [0.5, 0.6) is 0 Å². The van der Waals surface area contributed by atoms with Crippen molar-refractivity contribution >= 4 is 17.3 Å². The quantitative estimate of drug-likeness (QED) is 0.722. The number of nitrogens with two attached hydrogens (primary N) is 1. The molecule has 0 radical (unpaired) electrons. The van der Waals surface area contributed by atoms with Crippen molar-refractivity contribution in [3.63, 3.8) is 0 Å². The molecule has 2 rings (SSSR count). The van der Waals surface area contributed by atoms with E-state index in [9.17, 15) is 9.18 Å². The lowest BCUT2D eigenvalue weighted by Gasteiger charge is -2.28. The number of rotatable bonds is 5. The maximum atomic E-state index is 13.7. The zero-order valence-electron chi connectivity index (χ0n) is 11.7. The van der Waals surface area contributed by atoms with E-state index in [1.54, 1.807) is 0 Å². The number of benzene rings is 1. The molecular weight excluding hydrogens is 259 g/mol. The molecule has 0 aliphatic heterocycles. The number of aromatic carboxylic acids is 1. The predicted molar refractivity (Wildman–Crippen MR) is 77.5 cm³/mol. The van der Waals surface area contributed by atoms with Crippen LogP contribution >= 0.6 is 0 Å². The Morgan fingerprint density at radius 3 is 2.65 bits per heavy atom. The van der Waals surface area contributed by atoms with Gasteiger partial charge in [0.15, 0.2) is 0 Å². The summed E-state index contributed by atoms with van der Waals surface area (Å²) < 4.78 is 13.7. The number of nitrogen functional groups attached to an aromatic ring is 1. The van der Waals surface area contributed by atoms with Gasteiger partial charge < -0.3 is 16.2 Å². The molecule has 0 spiro atoms. The molecule has 4 N–H and O–H groups in total. The predicted octanol–water partition coefficient (Wildman–Crippen LogP) is 3.49. The highest BCUT2D eigenvalue weighted by Crippen LogP contribution is 2.41. The van der Waals surface area contributed by atoms with Crippen molar-refractivity contribution in [3.05, 3.63) is 23.5 Å². The van der Waals surface area contributed by atoms with Crippen molar-refractivity contribution in [2.75, 3.05) is 17.6 Å². The van der Waals surface area contributed by atoms with E-state index in [1.807, 2.05) is 0 Å². The number of hydrogen-bond donors (Lipinski definition) is 3. The number of hydrogen-bond acceptors (Lipinski definition) is 3. The van der Waals surface area contributed by atoms with Crippen molar-refractivity contribution in [2.45, 2.75) is 39.0 Å². The Labute approximate surface area is 118 Å². The van der Waals surface area contributed by atoms with Gasteiger partial charge in [0.25, 0.3) is 0 Å². The lowest BCUT2D eigenvalue weighted by molar-refractivity contribution is 0.0692. The Bertz CT molecular complexity index is 511. The van der Waals surface area contributed by atoms with Crippen LogP contribution in [0.4, 0.5) is 15.8 Å². The van der Waals surface area contributed by atoms with Crippen molar-refractivity contribution in [3.8, 4) is 0 Å². The molecule has 20 heavy (non-hydrogen) atoms. The van der Waals surface area contributed by atoms with Gasteiger partial charge in [-0.1, -0.05) is 19.8 Å². The summed E-state index contributed by atoms with van der Waals surface area (Å²) in [7, 11) is 0. The summed E-state index contributed by atoms with van der Waals surface area (Å²) in [6, 6.07) is 2.35. The molecule has 0 atom stereocenters. The largest absolute Gasteiger partial charge is 0.478 e. The van der Waals surface area contributed by atoms with E-state index in [0.29, 0.717) is 5.69 Å². The Kier molecular flexibility index (Phi) is 4.16. The van der Waals surface area contributed by atoms with Crippen LogP contribution < -0.4 is 11.1 Å². The highest BCUT2D eigenvalue weighted by molar-refractivity contribution is 5.90. The van der Waals surface area contributed by atoms with Gasteiger partial charge in [-0.25, -0.2) is 9.18 Å². The van der Waals surface area contributed by atoms with Crippen LogP contribution in [0.25, 0.3) is 0 Å². The van der Waals surface area contributed by atoms with Crippen LogP contribution in [-0.4, -0.2) is 17.6 Å². The van der Waals surface area contributed by atoms with Crippen molar-refractivity contribution < 1.29 is 14.3 Å². The summed E-state index contributed by atoms with van der Waals surface area (Å²) in [5.74, 6) is -2.06. The SMILES string of the molecule is CCC1(CNc2cc(F)c(C(=O)O)cc2N)CCCC1.